The summed E-state index contributed by atoms with van der Waals surface area (Å²) in [6.45, 7) is 0. The fraction of sp³-hybridized carbons (Fsp3) is 0.235. The van der Waals surface area contributed by atoms with E-state index in [1.807, 2.05) is 36.4 Å². The topological polar surface area (TPSA) is 55.4 Å². The van der Waals surface area contributed by atoms with Gasteiger partial charge in [-0.25, -0.2) is 0 Å². The van der Waals surface area contributed by atoms with Gasteiger partial charge in [0.05, 0.1) is 47.1 Å². The van der Waals surface area contributed by atoms with Crippen molar-refractivity contribution in [1.29, 1.82) is 0 Å². The highest BCUT2D eigenvalue weighted by Crippen LogP contribution is 2.61. The Morgan fingerprint density at radius 3 is 1.59 bits per heavy atom. The van der Waals surface area contributed by atoms with Gasteiger partial charge in [-0.1, -0.05) is 30.3 Å². The zero-order valence-electron chi connectivity index (χ0n) is 24.0. The lowest BCUT2D eigenvalue weighted by molar-refractivity contribution is 0.388. The molecule has 2 atom stereocenters. The van der Waals surface area contributed by atoms with Crippen molar-refractivity contribution in [2.75, 3.05) is 42.7 Å². The Bertz CT molecular complexity index is 1540. The summed E-state index contributed by atoms with van der Waals surface area (Å²) >= 11 is 3.90. The molecule has 0 aromatic heterocycles. The summed E-state index contributed by atoms with van der Waals surface area (Å²) in [4.78, 5) is 0. The van der Waals surface area contributed by atoms with Gasteiger partial charge < -0.3 is 28.4 Å². The molecule has 0 saturated heterocycles. The predicted molar refractivity (Wildman–Crippen MR) is 165 cm³/mol. The average molecular weight is 618 g/mol. The van der Waals surface area contributed by atoms with Crippen molar-refractivity contribution in [1.82, 2.24) is 0 Å². The summed E-state index contributed by atoms with van der Waals surface area (Å²) in [7, 11) is 10.0. The second kappa shape index (κ2) is 12.2. The number of fused-ring (bicyclic) bond motifs is 1. The molecule has 41 heavy (non-hydrogen) atoms. The van der Waals surface area contributed by atoms with Crippen molar-refractivity contribution >= 4 is 27.6 Å². The van der Waals surface area contributed by atoms with Gasteiger partial charge in [0.15, 0.2) is 0 Å². The molecular formula is C34H33BrO6. The van der Waals surface area contributed by atoms with Gasteiger partial charge in [-0.05, 0) is 74.6 Å². The van der Waals surface area contributed by atoms with E-state index < -0.39 is 0 Å². The Hall–Kier alpha value is -4.10. The van der Waals surface area contributed by atoms with E-state index in [1.165, 1.54) is 0 Å². The van der Waals surface area contributed by atoms with Crippen LogP contribution in [-0.2, 0) is 0 Å². The van der Waals surface area contributed by atoms with Crippen LogP contribution in [0.15, 0.2) is 77.3 Å². The van der Waals surface area contributed by atoms with Crippen LogP contribution in [0.1, 0.15) is 39.7 Å². The summed E-state index contributed by atoms with van der Waals surface area (Å²) in [5.74, 6) is 4.25. The smallest absolute Gasteiger partial charge is 0.137 e. The number of halogens is 1. The van der Waals surface area contributed by atoms with E-state index in [1.54, 1.807) is 42.7 Å². The van der Waals surface area contributed by atoms with Gasteiger partial charge in [0.1, 0.15) is 34.5 Å². The van der Waals surface area contributed by atoms with Crippen LogP contribution in [-0.4, -0.2) is 42.7 Å². The van der Waals surface area contributed by atoms with Gasteiger partial charge in [0.2, 0.25) is 0 Å². The molecule has 0 amide bonds. The first-order chi connectivity index (χ1) is 20.0. The second-order valence-corrected chi connectivity index (χ2v) is 10.4. The van der Waals surface area contributed by atoms with E-state index in [0.717, 1.165) is 66.6 Å². The largest absolute Gasteiger partial charge is 0.497 e. The minimum absolute atomic E-state index is 0.102. The quantitative estimate of drug-likeness (QED) is 0.190. The zero-order valence-corrected chi connectivity index (χ0v) is 25.6. The van der Waals surface area contributed by atoms with Crippen molar-refractivity contribution in [3.63, 3.8) is 0 Å². The van der Waals surface area contributed by atoms with Crippen LogP contribution in [0.4, 0.5) is 0 Å². The summed E-state index contributed by atoms with van der Waals surface area (Å²) in [5, 5.41) is 0. The van der Waals surface area contributed by atoms with Crippen molar-refractivity contribution in [3.8, 4) is 34.5 Å². The molecule has 1 unspecified atom stereocenters. The van der Waals surface area contributed by atoms with E-state index in [4.69, 9.17) is 28.4 Å². The Morgan fingerprint density at radius 2 is 1.07 bits per heavy atom. The highest BCUT2D eigenvalue weighted by atomic mass is 79.9. The number of rotatable bonds is 9. The minimum atomic E-state index is -0.123. The maximum atomic E-state index is 6.04. The fourth-order valence-corrected chi connectivity index (χ4v) is 6.35. The number of hydrogen-bond acceptors (Lipinski definition) is 6. The van der Waals surface area contributed by atoms with E-state index >= 15 is 0 Å². The SMILES string of the molecule is COc1ccc(/C=C2/c3c(Br)c(OC)cc(OC)c3[C@@H](c3ccc(OC)cc3)C2c2cc(OC)cc(OC)c2)cc1. The maximum Gasteiger partial charge on any atom is 0.137 e. The first-order valence-electron chi connectivity index (χ1n) is 13.1. The molecule has 5 rings (SSSR count). The molecule has 0 bridgehead atoms. The molecule has 0 saturated carbocycles. The molecule has 1 aliphatic rings. The maximum absolute atomic E-state index is 6.04. The first kappa shape index (κ1) is 28.4. The third kappa shape index (κ3) is 5.34. The van der Waals surface area contributed by atoms with Crippen LogP contribution in [0.5, 0.6) is 34.5 Å². The number of methoxy groups -OCH3 is 6. The van der Waals surface area contributed by atoms with Gasteiger partial charge in [0, 0.05) is 35.1 Å². The van der Waals surface area contributed by atoms with Crippen LogP contribution in [0.25, 0.3) is 11.6 Å². The molecule has 4 aromatic rings. The van der Waals surface area contributed by atoms with Crippen LogP contribution < -0.4 is 28.4 Å². The highest BCUT2D eigenvalue weighted by Gasteiger charge is 2.43. The van der Waals surface area contributed by atoms with E-state index in [-0.39, 0.29) is 11.8 Å². The second-order valence-electron chi connectivity index (χ2n) is 9.63. The monoisotopic (exact) mass is 616 g/mol. The Labute approximate surface area is 249 Å². The molecule has 0 spiro atoms. The van der Waals surface area contributed by atoms with Crippen molar-refractivity contribution < 1.29 is 28.4 Å². The lowest BCUT2D eigenvalue weighted by Crippen LogP contribution is -2.09. The normalized spacial score (nSPS) is 16.7. The molecule has 0 radical (unpaired) electrons. The highest BCUT2D eigenvalue weighted by molar-refractivity contribution is 9.10. The average Bonchev–Trinajstić information content (AvgIpc) is 3.36. The number of benzene rings is 4. The van der Waals surface area contributed by atoms with Crippen molar-refractivity contribution in [2.24, 2.45) is 0 Å². The van der Waals surface area contributed by atoms with Crippen LogP contribution in [0.2, 0.25) is 0 Å². The lowest BCUT2D eigenvalue weighted by Gasteiger charge is -2.25. The molecule has 0 aliphatic heterocycles. The fourth-order valence-electron chi connectivity index (χ4n) is 5.63. The molecular weight excluding hydrogens is 584 g/mol. The van der Waals surface area contributed by atoms with Crippen LogP contribution in [0, 0.1) is 0 Å². The molecule has 4 aromatic carbocycles. The van der Waals surface area contributed by atoms with Crippen LogP contribution in [0.3, 0.4) is 0 Å². The number of allylic oxidation sites excluding steroid dienone is 1. The van der Waals surface area contributed by atoms with Crippen molar-refractivity contribution in [2.45, 2.75) is 11.8 Å². The number of ether oxygens (including phenoxy) is 6. The Kier molecular flexibility index (Phi) is 8.45. The third-order valence-corrected chi connectivity index (χ3v) is 8.37. The Balaban J connectivity index is 1.87. The van der Waals surface area contributed by atoms with Gasteiger partial charge in [0.25, 0.3) is 0 Å². The van der Waals surface area contributed by atoms with E-state index in [9.17, 15) is 0 Å². The third-order valence-electron chi connectivity index (χ3n) is 7.59. The molecule has 0 fully saturated rings. The molecule has 0 heterocycles. The van der Waals surface area contributed by atoms with E-state index in [2.05, 4.69) is 58.4 Å². The predicted octanol–water partition coefficient (Wildman–Crippen LogP) is 7.97. The lowest BCUT2D eigenvalue weighted by atomic mass is 9.79. The molecule has 6 nitrogen and oxygen atoms in total. The van der Waals surface area contributed by atoms with Gasteiger partial charge in [-0.2, -0.15) is 0 Å². The molecule has 7 heteroatoms. The molecule has 0 N–H and O–H groups in total. The standard InChI is InChI=1S/C34H33BrO6/c1-36-23-11-7-20(8-12-23)15-27-30(22-16-25(38-3)18-26(17-22)39-4)31(21-9-13-24(37-2)14-10-21)33-28(40-5)19-29(41-6)34(35)32(27)33/h7-19,30-31H,1-6H3/b27-15+/t30?,31-/m0/s1. The molecule has 1 aliphatic carbocycles. The van der Waals surface area contributed by atoms with Gasteiger partial charge >= 0.3 is 0 Å². The molecule has 212 valence electrons. The minimum Gasteiger partial charge on any atom is -0.497 e. The summed E-state index contributed by atoms with van der Waals surface area (Å²) in [6, 6.07) is 24.3. The summed E-state index contributed by atoms with van der Waals surface area (Å²) in [6.07, 6.45) is 2.22. The summed E-state index contributed by atoms with van der Waals surface area (Å²) < 4.78 is 35.0. The van der Waals surface area contributed by atoms with Gasteiger partial charge in [-0.3, -0.25) is 0 Å². The van der Waals surface area contributed by atoms with Crippen molar-refractivity contribution in [3.05, 3.63) is 105 Å². The van der Waals surface area contributed by atoms with Gasteiger partial charge in [-0.15, -0.1) is 0 Å². The number of hydrogen-bond donors (Lipinski definition) is 0. The summed E-state index contributed by atoms with van der Waals surface area (Å²) in [5.41, 5.74) is 6.40. The zero-order chi connectivity index (χ0) is 29.1. The van der Waals surface area contributed by atoms with Crippen LogP contribution >= 0.6 is 15.9 Å². The van der Waals surface area contributed by atoms with E-state index in [0.29, 0.717) is 5.75 Å². The Morgan fingerprint density at radius 1 is 0.537 bits per heavy atom. The first-order valence-corrected chi connectivity index (χ1v) is 13.9.